The molecule has 0 aliphatic heterocycles. The molecule has 1 heterocycles. The van der Waals surface area contributed by atoms with Gasteiger partial charge in [-0.15, -0.1) is 11.3 Å². The Bertz CT molecular complexity index is 483. The standard InChI is InChI=1S/C15H21NO3S/c1-2-4-10(9-14(17)18)16-15(19)12-5-3-6-13-11(12)7-8-20-13/h7-8,10,12H,2-6,9H2,1H3,(H,16,19)(H,17,18). The van der Waals surface area contributed by atoms with E-state index < -0.39 is 5.97 Å². The minimum absolute atomic E-state index is 0.00277. The van der Waals surface area contributed by atoms with Gasteiger partial charge in [0.1, 0.15) is 0 Å². The molecule has 1 aliphatic rings. The normalized spacial score (nSPS) is 19.1. The van der Waals surface area contributed by atoms with Gasteiger partial charge in [-0.25, -0.2) is 0 Å². The van der Waals surface area contributed by atoms with Gasteiger partial charge in [0.15, 0.2) is 0 Å². The van der Waals surface area contributed by atoms with Crippen molar-refractivity contribution in [2.24, 2.45) is 0 Å². The minimum Gasteiger partial charge on any atom is -0.481 e. The van der Waals surface area contributed by atoms with E-state index in [-0.39, 0.29) is 24.3 Å². The van der Waals surface area contributed by atoms with Crippen molar-refractivity contribution in [3.63, 3.8) is 0 Å². The lowest BCUT2D eigenvalue weighted by Gasteiger charge is -2.24. The Hall–Kier alpha value is -1.36. The number of rotatable bonds is 6. The minimum atomic E-state index is -0.858. The Morgan fingerprint density at radius 1 is 1.55 bits per heavy atom. The van der Waals surface area contributed by atoms with E-state index in [0.717, 1.165) is 31.2 Å². The van der Waals surface area contributed by atoms with Crippen LogP contribution in [0.1, 0.15) is 55.4 Å². The Kier molecular flexibility index (Phi) is 5.17. The van der Waals surface area contributed by atoms with E-state index in [4.69, 9.17) is 5.11 Å². The third kappa shape index (κ3) is 3.60. The molecule has 20 heavy (non-hydrogen) atoms. The first-order chi connectivity index (χ1) is 9.61. The summed E-state index contributed by atoms with van der Waals surface area (Å²) >= 11 is 1.71. The molecular formula is C15H21NO3S. The van der Waals surface area contributed by atoms with E-state index in [0.29, 0.717) is 6.42 Å². The number of aliphatic carboxylic acids is 1. The lowest BCUT2D eigenvalue weighted by molar-refractivity contribution is -0.137. The number of carbonyl (C=O) groups is 2. The second-order valence-corrected chi connectivity index (χ2v) is 6.34. The maximum Gasteiger partial charge on any atom is 0.305 e. The predicted molar refractivity (Wildman–Crippen MR) is 79.1 cm³/mol. The summed E-state index contributed by atoms with van der Waals surface area (Å²) < 4.78 is 0. The SMILES string of the molecule is CCCC(CC(=O)O)NC(=O)C1CCCc2sccc21. The molecule has 2 unspecified atom stereocenters. The maximum atomic E-state index is 12.4. The first-order valence-electron chi connectivity index (χ1n) is 7.20. The van der Waals surface area contributed by atoms with Gasteiger partial charge in [0, 0.05) is 10.9 Å². The van der Waals surface area contributed by atoms with E-state index in [1.165, 1.54) is 4.88 Å². The highest BCUT2D eigenvalue weighted by molar-refractivity contribution is 7.10. The summed E-state index contributed by atoms with van der Waals surface area (Å²) in [7, 11) is 0. The molecule has 2 atom stereocenters. The Morgan fingerprint density at radius 2 is 2.35 bits per heavy atom. The van der Waals surface area contributed by atoms with Gasteiger partial charge in [-0.05, 0) is 42.7 Å². The summed E-state index contributed by atoms with van der Waals surface area (Å²) in [4.78, 5) is 24.6. The van der Waals surface area contributed by atoms with Crippen LogP contribution >= 0.6 is 11.3 Å². The van der Waals surface area contributed by atoms with Gasteiger partial charge in [0.25, 0.3) is 0 Å². The van der Waals surface area contributed by atoms with E-state index >= 15 is 0 Å². The average Bonchev–Trinajstić information content (AvgIpc) is 2.85. The highest BCUT2D eigenvalue weighted by atomic mass is 32.1. The van der Waals surface area contributed by atoms with E-state index in [9.17, 15) is 9.59 Å². The van der Waals surface area contributed by atoms with Crippen LogP contribution in [0, 0.1) is 0 Å². The smallest absolute Gasteiger partial charge is 0.305 e. The summed E-state index contributed by atoms with van der Waals surface area (Å²) in [6.07, 6.45) is 4.53. The van der Waals surface area contributed by atoms with E-state index in [1.54, 1.807) is 11.3 Å². The first kappa shape index (κ1) is 15.0. The average molecular weight is 295 g/mol. The number of carbonyl (C=O) groups excluding carboxylic acids is 1. The van der Waals surface area contributed by atoms with Gasteiger partial charge in [0.2, 0.25) is 5.91 Å². The molecule has 1 aromatic rings. The monoisotopic (exact) mass is 295 g/mol. The van der Waals surface area contributed by atoms with Crippen molar-refractivity contribution in [2.45, 2.75) is 57.4 Å². The summed E-state index contributed by atoms with van der Waals surface area (Å²) in [5.74, 6) is -0.967. The second kappa shape index (κ2) is 6.88. The molecular weight excluding hydrogens is 274 g/mol. The molecule has 0 bridgehead atoms. The van der Waals surface area contributed by atoms with Gasteiger partial charge >= 0.3 is 5.97 Å². The summed E-state index contributed by atoms with van der Waals surface area (Å²) in [6.45, 7) is 2.00. The third-order valence-corrected chi connectivity index (χ3v) is 4.77. The molecule has 110 valence electrons. The van der Waals surface area contributed by atoms with E-state index in [1.807, 2.05) is 18.4 Å². The summed E-state index contributed by atoms with van der Waals surface area (Å²) in [5, 5.41) is 13.9. The van der Waals surface area contributed by atoms with Crippen LogP contribution in [0.3, 0.4) is 0 Å². The molecule has 2 rings (SSSR count). The topological polar surface area (TPSA) is 66.4 Å². The van der Waals surface area contributed by atoms with Crippen LogP contribution in [0.2, 0.25) is 0 Å². The van der Waals surface area contributed by atoms with Crippen molar-refractivity contribution < 1.29 is 14.7 Å². The number of aryl methyl sites for hydroxylation is 1. The molecule has 1 aliphatic carbocycles. The number of hydrogen-bond acceptors (Lipinski definition) is 3. The van der Waals surface area contributed by atoms with Crippen LogP contribution < -0.4 is 5.32 Å². The summed E-state index contributed by atoms with van der Waals surface area (Å²) in [5.41, 5.74) is 1.14. The summed E-state index contributed by atoms with van der Waals surface area (Å²) in [6, 6.07) is 1.78. The van der Waals surface area contributed by atoms with Crippen molar-refractivity contribution in [2.75, 3.05) is 0 Å². The quantitative estimate of drug-likeness (QED) is 0.848. The van der Waals surface area contributed by atoms with Gasteiger partial charge in [-0.1, -0.05) is 13.3 Å². The van der Waals surface area contributed by atoms with Gasteiger partial charge < -0.3 is 10.4 Å². The number of nitrogens with one attached hydrogen (secondary N) is 1. The van der Waals surface area contributed by atoms with E-state index in [2.05, 4.69) is 5.32 Å². The molecule has 0 aromatic carbocycles. The number of hydrogen-bond donors (Lipinski definition) is 2. The number of fused-ring (bicyclic) bond motifs is 1. The number of carboxylic acids is 1. The fourth-order valence-corrected chi connectivity index (χ4v) is 3.83. The van der Waals surface area contributed by atoms with Crippen LogP contribution in [-0.4, -0.2) is 23.0 Å². The van der Waals surface area contributed by atoms with Crippen LogP contribution in [0.25, 0.3) is 0 Å². The molecule has 0 fully saturated rings. The van der Waals surface area contributed by atoms with Gasteiger partial charge in [0.05, 0.1) is 12.3 Å². The lowest BCUT2D eigenvalue weighted by Crippen LogP contribution is -2.40. The predicted octanol–water partition coefficient (Wildman–Crippen LogP) is 2.93. The highest BCUT2D eigenvalue weighted by Crippen LogP contribution is 2.35. The Balaban J connectivity index is 2.02. The fourth-order valence-electron chi connectivity index (χ4n) is 2.85. The molecule has 0 saturated heterocycles. The van der Waals surface area contributed by atoms with Crippen LogP contribution in [0.4, 0.5) is 0 Å². The maximum absolute atomic E-state index is 12.4. The molecule has 2 N–H and O–H groups in total. The molecule has 4 nitrogen and oxygen atoms in total. The zero-order valence-corrected chi connectivity index (χ0v) is 12.5. The van der Waals surface area contributed by atoms with Crippen molar-refractivity contribution in [1.82, 2.24) is 5.32 Å². The Labute approximate surface area is 123 Å². The zero-order chi connectivity index (χ0) is 14.5. The number of thiophene rings is 1. The molecule has 1 aromatic heterocycles. The van der Waals surface area contributed by atoms with Crippen LogP contribution in [-0.2, 0) is 16.0 Å². The Morgan fingerprint density at radius 3 is 3.05 bits per heavy atom. The van der Waals surface area contributed by atoms with Crippen molar-refractivity contribution in [3.05, 3.63) is 21.9 Å². The first-order valence-corrected chi connectivity index (χ1v) is 8.08. The third-order valence-electron chi connectivity index (χ3n) is 3.77. The van der Waals surface area contributed by atoms with Crippen molar-refractivity contribution in [1.29, 1.82) is 0 Å². The van der Waals surface area contributed by atoms with Crippen molar-refractivity contribution >= 4 is 23.2 Å². The molecule has 5 heteroatoms. The largest absolute Gasteiger partial charge is 0.481 e. The van der Waals surface area contributed by atoms with Crippen LogP contribution in [0.5, 0.6) is 0 Å². The molecule has 0 saturated carbocycles. The lowest BCUT2D eigenvalue weighted by atomic mass is 9.87. The number of amides is 1. The fraction of sp³-hybridized carbons (Fsp3) is 0.600. The zero-order valence-electron chi connectivity index (χ0n) is 11.7. The van der Waals surface area contributed by atoms with Crippen molar-refractivity contribution in [3.8, 4) is 0 Å². The highest BCUT2D eigenvalue weighted by Gasteiger charge is 2.28. The molecule has 0 radical (unpaired) electrons. The number of carboxylic acid groups (broad SMARTS) is 1. The molecule has 0 spiro atoms. The molecule has 1 amide bonds. The van der Waals surface area contributed by atoms with Gasteiger partial charge in [-0.2, -0.15) is 0 Å². The second-order valence-electron chi connectivity index (χ2n) is 5.34. The van der Waals surface area contributed by atoms with Gasteiger partial charge in [-0.3, -0.25) is 9.59 Å². The van der Waals surface area contributed by atoms with Crippen LogP contribution in [0.15, 0.2) is 11.4 Å².